The van der Waals surface area contributed by atoms with E-state index in [1.807, 2.05) is 19.1 Å². The Balaban J connectivity index is 2.10. The minimum Gasteiger partial charge on any atom is -0.497 e. The van der Waals surface area contributed by atoms with Crippen molar-refractivity contribution in [1.82, 2.24) is 15.1 Å². The molecule has 0 aliphatic heterocycles. The SMILES string of the molecule is CCCn1nc(C(=O)NCc2cc(OC)cc(OC)c2)ccc1=O. The highest BCUT2D eigenvalue weighted by atomic mass is 16.5. The quantitative estimate of drug-likeness (QED) is 0.833. The highest BCUT2D eigenvalue weighted by Crippen LogP contribution is 2.22. The Bertz CT molecular complexity index is 748. The summed E-state index contributed by atoms with van der Waals surface area (Å²) in [7, 11) is 3.13. The normalized spacial score (nSPS) is 10.3. The van der Waals surface area contributed by atoms with Gasteiger partial charge in [-0.1, -0.05) is 6.92 Å². The van der Waals surface area contributed by atoms with Crippen LogP contribution in [-0.4, -0.2) is 29.9 Å². The fourth-order valence-electron chi connectivity index (χ4n) is 2.18. The summed E-state index contributed by atoms with van der Waals surface area (Å²) < 4.78 is 11.7. The first-order chi connectivity index (χ1) is 11.6. The average Bonchev–Trinajstić information content (AvgIpc) is 2.61. The van der Waals surface area contributed by atoms with Crippen LogP contribution in [0.15, 0.2) is 35.1 Å². The number of carbonyl (C=O) groups excluding carboxylic acids is 1. The van der Waals surface area contributed by atoms with Crippen molar-refractivity contribution in [1.29, 1.82) is 0 Å². The highest BCUT2D eigenvalue weighted by Gasteiger charge is 2.10. The third-order valence-corrected chi connectivity index (χ3v) is 3.40. The summed E-state index contributed by atoms with van der Waals surface area (Å²) >= 11 is 0. The van der Waals surface area contributed by atoms with Crippen LogP contribution < -0.4 is 20.3 Å². The molecule has 1 aromatic carbocycles. The molecule has 0 unspecified atom stereocenters. The topological polar surface area (TPSA) is 82.5 Å². The smallest absolute Gasteiger partial charge is 0.271 e. The molecule has 0 spiro atoms. The highest BCUT2D eigenvalue weighted by molar-refractivity contribution is 5.91. The van der Waals surface area contributed by atoms with E-state index in [1.165, 1.54) is 16.8 Å². The van der Waals surface area contributed by atoms with Gasteiger partial charge in [0.25, 0.3) is 11.5 Å². The van der Waals surface area contributed by atoms with Crippen LogP contribution in [0.25, 0.3) is 0 Å². The van der Waals surface area contributed by atoms with E-state index in [-0.39, 0.29) is 17.2 Å². The number of aromatic nitrogens is 2. The van der Waals surface area contributed by atoms with Crippen LogP contribution in [0.1, 0.15) is 29.4 Å². The Hall–Kier alpha value is -2.83. The van der Waals surface area contributed by atoms with E-state index in [2.05, 4.69) is 10.4 Å². The number of amides is 1. The van der Waals surface area contributed by atoms with Crippen molar-refractivity contribution in [3.05, 3.63) is 51.9 Å². The number of rotatable bonds is 7. The van der Waals surface area contributed by atoms with Crippen molar-refractivity contribution < 1.29 is 14.3 Å². The first-order valence-electron chi connectivity index (χ1n) is 7.65. The van der Waals surface area contributed by atoms with Crippen LogP contribution in [0, 0.1) is 0 Å². The molecule has 0 aliphatic rings. The molecule has 0 saturated heterocycles. The van der Waals surface area contributed by atoms with Gasteiger partial charge in [-0.15, -0.1) is 0 Å². The Morgan fingerprint density at radius 3 is 2.42 bits per heavy atom. The largest absolute Gasteiger partial charge is 0.497 e. The first-order valence-corrected chi connectivity index (χ1v) is 7.65. The van der Waals surface area contributed by atoms with Crippen molar-refractivity contribution in [2.24, 2.45) is 0 Å². The summed E-state index contributed by atoms with van der Waals surface area (Å²) in [5.74, 6) is 0.947. The maximum absolute atomic E-state index is 12.2. The summed E-state index contributed by atoms with van der Waals surface area (Å²) in [5, 5.41) is 6.86. The molecule has 0 bridgehead atoms. The fraction of sp³-hybridized carbons (Fsp3) is 0.353. The van der Waals surface area contributed by atoms with Gasteiger partial charge in [0, 0.05) is 25.2 Å². The molecule has 128 valence electrons. The number of methoxy groups -OCH3 is 2. The fourth-order valence-corrected chi connectivity index (χ4v) is 2.18. The number of carbonyl (C=O) groups is 1. The molecule has 1 amide bonds. The standard InChI is InChI=1S/C17H21N3O4/c1-4-7-20-16(21)6-5-15(19-20)17(22)18-11-12-8-13(23-2)10-14(9-12)24-3/h5-6,8-10H,4,7,11H2,1-3H3,(H,18,22). The van der Waals surface area contributed by atoms with Crippen LogP contribution in [-0.2, 0) is 13.1 Å². The zero-order valence-electron chi connectivity index (χ0n) is 14.0. The van der Waals surface area contributed by atoms with Crippen molar-refractivity contribution >= 4 is 5.91 Å². The molecule has 7 nitrogen and oxygen atoms in total. The lowest BCUT2D eigenvalue weighted by atomic mass is 10.2. The summed E-state index contributed by atoms with van der Waals surface area (Å²) in [6.07, 6.45) is 0.765. The van der Waals surface area contributed by atoms with Crippen molar-refractivity contribution in [2.75, 3.05) is 14.2 Å². The maximum Gasteiger partial charge on any atom is 0.271 e. The summed E-state index contributed by atoms with van der Waals surface area (Å²) in [6.45, 7) is 2.71. The van der Waals surface area contributed by atoms with E-state index in [0.29, 0.717) is 24.6 Å². The van der Waals surface area contributed by atoms with Gasteiger partial charge in [-0.3, -0.25) is 9.59 Å². The lowest BCUT2D eigenvalue weighted by Gasteiger charge is -2.10. The van der Waals surface area contributed by atoms with E-state index < -0.39 is 0 Å². The molecule has 0 fully saturated rings. The number of nitrogens with one attached hydrogen (secondary N) is 1. The van der Waals surface area contributed by atoms with Crippen LogP contribution in [0.2, 0.25) is 0 Å². The van der Waals surface area contributed by atoms with Gasteiger partial charge >= 0.3 is 0 Å². The third-order valence-electron chi connectivity index (χ3n) is 3.40. The number of benzene rings is 1. The van der Waals surface area contributed by atoms with Crippen LogP contribution in [0.3, 0.4) is 0 Å². The third kappa shape index (κ3) is 4.34. The molecular formula is C17H21N3O4. The molecule has 0 radical (unpaired) electrons. The monoisotopic (exact) mass is 331 g/mol. The second-order valence-corrected chi connectivity index (χ2v) is 5.18. The van der Waals surface area contributed by atoms with E-state index >= 15 is 0 Å². The summed E-state index contributed by atoms with van der Waals surface area (Å²) in [5.41, 5.74) is 0.824. The Morgan fingerprint density at radius 1 is 1.17 bits per heavy atom. The second-order valence-electron chi connectivity index (χ2n) is 5.18. The van der Waals surface area contributed by atoms with Crippen molar-refractivity contribution in [2.45, 2.75) is 26.4 Å². The van der Waals surface area contributed by atoms with Crippen LogP contribution >= 0.6 is 0 Å². The molecule has 1 heterocycles. The van der Waals surface area contributed by atoms with E-state index in [9.17, 15) is 9.59 Å². The van der Waals surface area contributed by atoms with Gasteiger partial charge in [0.1, 0.15) is 17.2 Å². The summed E-state index contributed by atoms with van der Waals surface area (Å²) in [4.78, 5) is 23.9. The maximum atomic E-state index is 12.2. The first kappa shape index (κ1) is 17.5. The molecule has 0 aliphatic carbocycles. The van der Waals surface area contributed by atoms with Gasteiger partial charge in [0.05, 0.1) is 14.2 Å². The van der Waals surface area contributed by atoms with Gasteiger partial charge in [0.15, 0.2) is 0 Å². The molecule has 0 atom stereocenters. The van der Waals surface area contributed by atoms with Crippen LogP contribution in [0.4, 0.5) is 0 Å². The Labute approximate surface area is 140 Å². The van der Waals surface area contributed by atoms with Gasteiger partial charge in [0.2, 0.25) is 0 Å². The average molecular weight is 331 g/mol. The zero-order valence-corrected chi connectivity index (χ0v) is 14.0. The zero-order chi connectivity index (χ0) is 17.5. The van der Waals surface area contributed by atoms with Crippen molar-refractivity contribution in [3.8, 4) is 11.5 Å². The molecule has 1 aromatic heterocycles. The van der Waals surface area contributed by atoms with Crippen molar-refractivity contribution in [3.63, 3.8) is 0 Å². The molecule has 24 heavy (non-hydrogen) atoms. The number of ether oxygens (including phenoxy) is 2. The minimum atomic E-state index is -0.346. The number of hydrogen-bond acceptors (Lipinski definition) is 5. The van der Waals surface area contributed by atoms with E-state index in [4.69, 9.17) is 9.47 Å². The van der Waals surface area contributed by atoms with Gasteiger partial charge in [-0.05, 0) is 30.2 Å². The van der Waals surface area contributed by atoms with Gasteiger partial charge < -0.3 is 14.8 Å². The van der Waals surface area contributed by atoms with Gasteiger partial charge in [-0.25, -0.2) is 4.68 Å². The molecule has 0 saturated carbocycles. The molecular weight excluding hydrogens is 310 g/mol. The summed E-state index contributed by atoms with van der Waals surface area (Å²) in [6, 6.07) is 8.16. The minimum absolute atomic E-state index is 0.206. The molecule has 2 aromatic rings. The number of aryl methyl sites for hydroxylation is 1. The number of hydrogen-bond donors (Lipinski definition) is 1. The lowest BCUT2D eigenvalue weighted by Crippen LogP contribution is -2.29. The molecule has 2 rings (SSSR count). The molecule has 7 heteroatoms. The lowest BCUT2D eigenvalue weighted by molar-refractivity contribution is 0.0943. The second kappa shape index (κ2) is 8.14. The van der Waals surface area contributed by atoms with E-state index in [0.717, 1.165) is 12.0 Å². The van der Waals surface area contributed by atoms with Crippen LogP contribution in [0.5, 0.6) is 11.5 Å². The Kier molecular flexibility index (Phi) is 5.95. The van der Waals surface area contributed by atoms with E-state index in [1.54, 1.807) is 20.3 Å². The Morgan fingerprint density at radius 2 is 1.83 bits per heavy atom. The predicted octanol–water partition coefficient (Wildman–Crippen LogP) is 1.60. The number of nitrogens with zero attached hydrogens (tertiary/aromatic N) is 2. The molecule has 1 N–H and O–H groups in total. The van der Waals surface area contributed by atoms with Gasteiger partial charge in [-0.2, -0.15) is 5.10 Å². The predicted molar refractivity (Wildman–Crippen MR) is 89.5 cm³/mol.